The van der Waals surface area contributed by atoms with Crippen molar-refractivity contribution >= 4 is 17.4 Å². The molecule has 0 radical (unpaired) electrons. The van der Waals surface area contributed by atoms with E-state index in [4.69, 9.17) is 17.3 Å². The summed E-state index contributed by atoms with van der Waals surface area (Å²) in [5.74, 6) is 0.698. The lowest BCUT2D eigenvalue weighted by atomic mass is 10.1. The summed E-state index contributed by atoms with van der Waals surface area (Å²) in [6, 6.07) is 7.57. The molecule has 2 aromatic rings. The average Bonchev–Trinajstić information content (AvgIpc) is 2.61. The molecular formula is C12H14ClN3. The molecule has 0 fully saturated rings. The van der Waals surface area contributed by atoms with Crippen molar-refractivity contribution in [3.8, 4) is 11.3 Å². The minimum Gasteiger partial charge on any atom is -0.383 e. The van der Waals surface area contributed by atoms with E-state index in [2.05, 4.69) is 11.9 Å². The molecule has 0 atom stereocenters. The number of anilines is 1. The predicted molar refractivity (Wildman–Crippen MR) is 67.4 cm³/mol. The van der Waals surface area contributed by atoms with Crippen molar-refractivity contribution in [2.75, 3.05) is 5.73 Å². The zero-order valence-corrected chi connectivity index (χ0v) is 9.91. The number of benzene rings is 1. The van der Waals surface area contributed by atoms with Crippen LogP contribution < -0.4 is 5.73 Å². The number of aryl methyl sites for hydroxylation is 1. The first-order chi connectivity index (χ1) is 7.72. The van der Waals surface area contributed by atoms with E-state index < -0.39 is 0 Å². The number of hydrogen-bond acceptors (Lipinski definition) is 2. The lowest BCUT2D eigenvalue weighted by molar-refractivity contribution is 0.686. The molecule has 0 aliphatic rings. The van der Waals surface area contributed by atoms with Gasteiger partial charge in [0, 0.05) is 17.1 Å². The molecule has 3 nitrogen and oxygen atoms in total. The van der Waals surface area contributed by atoms with Gasteiger partial charge >= 0.3 is 0 Å². The Balaban J connectivity index is 2.41. The molecule has 0 aliphatic carbocycles. The molecule has 1 heterocycles. The van der Waals surface area contributed by atoms with E-state index >= 15 is 0 Å². The molecule has 16 heavy (non-hydrogen) atoms. The summed E-state index contributed by atoms with van der Waals surface area (Å²) in [5.41, 5.74) is 7.79. The molecule has 0 aliphatic heterocycles. The van der Waals surface area contributed by atoms with Crippen molar-refractivity contribution in [1.29, 1.82) is 0 Å². The molecule has 2 rings (SSSR count). The fourth-order valence-corrected chi connectivity index (χ4v) is 1.86. The Kier molecular flexibility index (Phi) is 3.15. The smallest absolute Gasteiger partial charge is 0.131 e. The van der Waals surface area contributed by atoms with Gasteiger partial charge < -0.3 is 10.3 Å². The van der Waals surface area contributed by atoms with Crippen molar-refractivity contribution in [2.24, 2.45) is 0 Å². The van der Waals surface area contributed by atoms with Gasteiger partial charge in [-0.2, -0.15) is 0 Å². The van der Waals surface area contributed by atoms with Crippen molar-refractivity contribution in [1.82, 2.24) is 9.55 Å². The molecule has 0 unspecified atom stereocenters. The number of nitrogens with zero attached hydrogens (tertiary/aromatic N) is 2. The SMILES string of the molecule is CCCn1cnc(-c2cccc(Cl)c2)c1N. The molecule has 0 bridgehead atoms. The van der Waals surface area contributed by atoms with Gasteiger partial charge in [0.05, 0.1) is 6.33 Å². The van der Waals surface area contributed by atoms with Gasteiger partial charge in [0.1, 0.15) is 11.5 Å². The Labute approximate surface area is 99.9 Å². The second kappa shape index (κ2) is 4.58. The standard InChI is InChI=1S/C12H14ClN3/c1-2-6-16-8-15-11(12(16)14)9-4-3-5-10(13)7-9/h3-5,7-8H,2,6,14H2,1H3. The Morgan fingerprint density at radius 3 is 2.94 bits per heavy atom. The summed E-state index contributed by atoms with van der Waals surface area (Å²) >= 11 is 5.94. The summed E-state index contributed by atoms with van der Waals surface area (Å²) < 4.78 is 1.95. The first-order valence-corrected chi connectivity index (χ1v) is 5.66. The molecule has 0 saturated heterocycles. The summed E-state index contributed by atoms with van der Waals surface area (Å²) in [7, 11) is 0. The number of hydrogen-bond donors (Lipinski definition) is 1. The van der Waals surface area contributed by atoms with Crippen LogP contribution in [0.1, 0.15) is 13.3 Å². The van der Waals surface area contributed by atoms with E-state index in [0.29, 0.717) is 10.8 Å². The second-order valence-electron chi connectivity index (χ2n) is 3.68. The zero-order valence-electron chi connectivity index (χ0n) is 9.15. The highest BCUT2D eigenvalue weighted by molar-refractivity contribution is 6.30. The van der Waals surface area contributed by atoms with Gasteiger partial charge in [0.25, 0.3) is 0 Å². The fourth-order valence-electron chi connectivity index (χ4n) is 1.67. The van der Waals surface area contributed by atoms with Crippen LogP contribution in [0.3, 0.4) is 0 Å². The molecule has 0 amide bonds. The summed E-state index contributed by atoms with van der Waals surface area (Å²) in [5, 5.41) is 0.696. The number of halogens is 1. The summed E-state index contributed by atoms with van der Waals surface area (Å²) in [4.78, 5) is 4.33. The summed E-state index contributed by atoms with van der Waals surface area (Å²) in [6.07, 6.45) is 2.81. The first kappa shape index (κ1) is 11.0. The van der Waals surface area contributed by atoms with Gasteiger partial charge in [0.15, 0.2) is 0 Å². The van der Waals surface area contributed by atoms with Crippen LogP contribution in [0.15, 0.2) is 30.6 Å². The lowest BCUT2D eigenvalue weighted by Crippen LogP contribution is -2.01. The van der Waals surface area contributed by atoms with Crippen molar-refractivity contribution in [3.63, 3.8) is 0 Å². The number of nitrogen functional groups attached to an aromatic ring is 1. The molecule has 0 spiro atoms. The normalized spacial score (nSPS) is 10.6. The maximum absolute atomic E-state index is 6.03. The number of nitrogens with two attached hydrogens (primary N) is 1. The van der Waals surface area contributed by atoms with Crippen molar-refractivity contribution < 1.29 is 0 Å². The van der Waals surface area contributed by atoms with Crippen LogP contribution in [0, 0.1) is 0 Å². The highest BCUT2D eigenvalue weighted by Gasteiger charge is 2.09. The Morgan fingerprint density at radius 2 is 2.25 bits per heavy atom. The van der Waals surface area contributed by atoms with Crippen LogP contribution in [0.25, 0.3) is 11.3 Å². The van der Waals surface area contributed by atoms with Crippen LogP contribution in [0.4, 0.5) is 5.82 Å². The Hall–Kier alpha value is -1.48. The maximum Gasteiger partial charge on any atom is 0.131 e. The molecular weight excluding hydrogens is 222 g/mol. The van der Waals surface area contributed by atoms with E-state index in [1.54, 1.807) is 6.33 Å². The van der Waals surface area contributed by atoms with E-state index in [1.165, 1.54) is 0 Å². The monoisotopic (exact) mass is 235 g/mol. The molecule has 1 aromatic heterocycles. The van der Waals surface area contributed by atoms with Gasteiger partial charge in [-0.05, 0) is 18.6 Å². The third kappa shape index (κ3) is 2.04. The topological polar surface area (TPSA) is 43.8 Å². The lowest BCUT2D eigenvalue weighted by Gasteiger charge is -2.03. The molecule has 84 valence electrons. The van der Waals surface area contributed by atoms with Gasteiger partial charge in [-0.15, -0.1) is 0 Å². The van der Waals surface area contributed by atoms with Crippen LogP contribution in [-0.2, 0) is 6.54 Å². The van der Waals surface area contributed by atoms with Gasteiger partial charge in [0.2, 0.25) is 0 Å². The van der Waals surface area contributed by atoms with E-state index in [1.807, 2.05) is 28.8 Å². The number of imidazole rings is 1. The van der Waals surface area contributed by atoms with Crippen LogP contribution in [0.2, 0.25) is 5.02 Å². The highest BCUT2D eigenvalue weighted by atomic mass is 35.5. The minimum atomic E-state index is 0.696. The summed E-state index contributed by atoms with van der Waals surface area (Å²) in [6.45, 7) is 3.00. The maximum atomic E-state index is 6.03. The largest absolute Gasteiger partial charge is 0.383 e. The fraction of sp³-hybridized carbons (Fsp3) is 0.250. The average molecular weight is 236 g/mol. The second-order valence-corrected chi connectivity index (χ2v) is 4.12. The van der Waals surface area contributed by atoms with Crippen molar-refractivity contribution in [3.05, 3.63) is 35.6 Å². The number of aromatic nitrogens is 2. The van der Waals surface area contributed by atoms with Gasteiger partial charge in [-0.25, -0.2) is 4.98 Å². The van der Waals surface area contributed by atoms with Crippen molar-refractivity contribution in [2.45, 2.75) is 19.9 Å². The molecule has 1 aromatic carbocycles. The van der Waals surface area contributed by atoms with Crippen LogP contribution in [0.5, 0.6) is 0 Å². The third-order valence-corrected chi connectivity index (χ3v) is 2.68. The quantitative estimate of drug-likeness (QED) is 0.888. The molecule has 0 saturated carbocycles. The predicted octanol–water partition coefficient (Wildman–Crippen LogP) is 3.20. The Morgan fingerprint density at radius 1 is 1.44 bits per heavy atom. The third-order valence-electron chi connectivity index (χ3n) is 2.44. The molecule has 2 N–H and O–H groups in total. The van der Waals surface area contributed by atoms with E-state index in [0.717, 1.165) is 24.2 Å². The Bertz CT molecular complexity index is 491. The number of rotatable bonds is 3. The zero-order chi connectivity index (χ0) is 11.5. The van der Waals surface area contributed by atoms with Crippen LogP contribution >= 0.6 is 11.6 Å². The van der Waals surface area contributed by atoms with Crippen LogP contribution in [-0.4, -0.2) is 9.55 Å². The van der Waals surface area contributed by atoms with Gasteiger partial charge in [-0.3, -0.25) is 0 Å². The van der Waals surface area contributed by atoms with E-state index in [9.17, 15) is 0 Å². The molecule has 4 heteroatoms. The van der Waals surface area contributed by atoms with Gasteiger partial charge in [-0.1, -0.05) is 30.7 Å². The minimum absolute atomic E-state index is 0.696. The van der Waals surface area contributed by atoms with E-state index in [-0.39, 0.29) is 0 Å². The first-order valence-electron chi connectivity index (χ1n) is 5.29. The highest BCUT2D eigenvalue weighted by Crippen LogP contribution is 2.26.